The molecule has 0 amide bonds. The van der Waals surface area contributed by atoms with Gasteiger partial charge in [-0.15, -0.1) is 0 Å². The van der Waals surface area contributed by atoms with Gasteiger partial charge in [0.1, 0.15) is 0 Å². The second kappa shape index (κ2) is 8.07. The maximum Gasteiger partial charge on any atom is 0.338 e. The summed E-state index contributed by atoms with van der Waals surface area (Å²) in [6.07, 6.45) is 0. The van der Waals surface area contributed by atoms with Gasteiger partial charge >= 0.3 is 5.97 Å². The van der Waals surface area contributed by atoms with Gasteiger partial charge in [0.05, 0.1) is 23.3 Å². The first-order valence-electron chi connectivity index (χ1n) is 9.02. The van der Waals surface area contributed by atoms with E-state index in [4.69, 9.17) is 9.26 Å². The Hall–Kier alpha value is -3.53. The number of esters is 1. The van der Waals surface area contributed by atoms with Crippen LogP contribution in [-0.2, 0) is 4.74 Å². The Morgan fingerprint density at radius 3 is 2.70 bits per heavy atom. The highest BCUT2D eigenvalue weighted by atomic mass is 32.2. The summed E-state index contributed by atoms with van der Waals surface area (Å²) in [6, 6.07) is 11.0. The van der Waals surface area contributed by atoms with Crippen molar-refractivity contribution in [1.29, 1.82) is 0 Å². The summed E-state index contributed by atoms with van der Waals surface area (Å²) < 4.78 is 10.1. The smallest absolute Gasteiger partial charge is 0.338 e. The largest absolute Gasteiger partial charge is 0.465 e. The number of ether oxygens (including phenoxy) is 1. The average molecular weight is 423 g/mol. The van der Waals surface area contributed by atoms with Crippen LogP contribution in [0.4, 0.5) is 0 Å². The zero-order valence-corrected chi connectivity index (χ0v) is 17.2. The van der Waals surface area contributed by atoms with E-state index < -0.39 is 11.5 Å². The predicted molar refractivity (Wildman–Crippen MR) is 110 cm³/mol. The number of carbonyl (C=O) groups is 1. The van der Waals surface area contributed by atoms with Crippen LogP contribution in [-0.4, -0.2) is 38.2 Å². The predicted octanol–water partition coefficient (Wildman–Crippen LogP) is 3.32. The molecule has 0 radical (unpaired) electrons. The van der Waals surface area contributed by atoms with Crippen LogP contribution >= 0.6 is 11.8 Å². The molecule has 10 heteroatoms. The zero-order chi connectivity index (χ0) is 21.3. The second-order valence-electron chi connectivity index (χ2n) is 6.45. The van der Waals surface area contributed by atoms with Crippen molar-refractivity contribution in [3.63, 3.8) is 0 Å². The maximum atomic E-state index is 12.7. The van der Waals surface area contributed by atoms with E-state index in [-0.39, 0.29) is 21.8 Å². The number of H-pyrrole nitrogens is 1. The normalized spacial score (nSPS) is 12.1. The van der Waals surface area contributed by atoms with E-state index in [9.17, 15) is 9.59 Å². The minimum Gasteiger partial charge on any atom is -0.465 e. The molecule has 0 bridgehead atoms. The Labute approximate surface area is 174 Å². The Kier molecular flexibility index (Phi) is 5.32. The van der Waals surface area contributed by atoms with Gasteiger partial charge in [-0.25, -0.2) is 14.8 Å². The van der Waals surface area contributed by atoms with Crippen molar-refractivity contribution >= 4 is 28.8 Å². The summed E-state index contributed by atoms with van der Waals surface area (Å²) in [5.41, 5.74) is 1.22. The van der Waals surface area contributed by atoms with Crippen LogP contribution in [0.1, 0.15) is 34.1 Å². The van der Waals surface area contributed by atoms with Gasteiger partial charge in [-0.05, 0) is 19.9 Å². The highest BCUT2D eigenvalue weighted by molar-refractivity contribution is 7.99. The third kappa shape index (κ3) is 3.81. The first-order valence-corrected chi connectivity index (χ1v) is 9.90. The Balaban J connectivity index is 1.65. The van der Waals surface area contributed by atoms with Gasteiger partial charge < -0.3 is 14.2 Å². The Bertz CT molecular complexity index is 1290. The highest BCUT2D eigenvalue weighted by Crippen LogP contribution is 2.32. The molecular weight excluding hydrogens is 406 g/mol. The van der Waals surface area contributed by atoms with Gasteiger partial charge in [-0.1, -0.05) is 47.3 Å². The van der Waals surface area contributed by atoms with Crippen molar-refractivity contribution in [1.82, 2.24) is 25.1 Å². The summed E-state index contributed by atoms with van der Waals surface area (Å²) in [7, 11) is 1.26. The average Bonchev–Trinajstić information content (AvgIpc) is 3.23. The molecule has 0 saturated carbocycles. The number of aromatic amines is 1. The number of nitrogens with zero attached hydrogens (tertiary/aromatic N) is 4. The number of aromatic nitrogens is 5. The molecule has 0 fully saturated rings. The SMILES string of the molecule is COC(=O)c1cc(C)nc2nc(SC(C)c3nc(-c4ccccc4)no3)[nH]c(=O)c12. The molecule has 4 aromatic rings. The summed E-state index contributed by atoms with van der Waals surface area (Å²) in [4.78, 5) is 40.5. The van der Waals surface area contributed by atoms with Gasteiger partial charge in [0, 0.05) is 11.3 Å². The fraction of sp³-hybridized carbons (Fsp3) is 0.200. The number of hydrogen-bond donors (Lipinski definition) is 1. The van der Waals surface area contributed by atoms with Crippen molar-refractivity contribution in [3.8, 4) is 11.4 Å². The number of aryl methyl sites for hydroxylation is 1. The molecule has 0 aliphatic rings. The molecule has 30 heavy (non-hydrogen) atoms. The molecule has 152 valence electrons. The van der Waals surface area contributed by atoms with Crippen LogP contribution in [0.25, 0.3) is 22.4 Å². The third-order valence-electron chi connectivity index (χ3n) is 4.30. The number of nitrogens with one attached hydrogen (secondary N) is 1. The number of methoxy groups -OCH3 is 1. The lowest BCUT2D eigenvalue weighted by molar-refractivity contribution is 0.0602. The van der Waals surface area contributed by atoms with Crippen LogP contribution < -0.4 is 5.56 Å². The Morgan fingerprint density at radius 2 is 1.97 bits per heavy atom. The first kappa shape index (κ1) is 19.8. The number of rotatable bonds is 5. The van der Waals surface area contributed by atoms with E-state index in [1.54, 1.807) is 6.92 Å². The molecule has 3 heterocycles. The maximum absolute atomic E-state index is 12.7. The first-order chi connectivity index (χ1) is 14.5. The molecular formula is C20H17N5O4S. The van der Waals surface area contributed by atoms with Gasteiger partial charge in [0.25, 0.3) is 5.56 Å². The van der Waals surface area contributed by atoms with E-state index in [1.165, 1.54) is 24.9 Å². The zero-order valence-electron chi connectivity index (χ0n) is 16.4. The van der Waals surface area contributed by atoms with E-state index in [1.807, 2.05) is 37.3 Å². The quantitative estimate of drug-likeness (QED) is 0.292. The van der Waals surface area contributed by atoms with Gasteiger partial charge in [-0.3, -0.25) is 4.79 Å². The topological polar surface area (TPSA) is 124 Å². The molecule has 3 aromatic heterocycles. The lowest BCUT2D eigenvalue weighted by Crippen LogP contribution is -2.16. The molecule has 0 saturated heterocycles. The molecule has 0 aliphatic carbocycles. The van der Waals surface area contributed by atoms with E-state index >= 15 is 0 Å². The van der Waals surface area contributed by atoms with Gasteiger partial charge in [-0.2, -0.15) is 4.98 Å². The van der Waals surface area contributed by atoms with Crippen LogP contribution in [0.3, 0.4) is 0 Å². The summed E-state index contributed by atoms with van der Waals surface area (Å²) >= 11 is 1.24. The van der Waals surface area contributed by atoms with Crippen molar-refractivity contribution in [3.05, 3.63) is 63.9 Å². The van der Waals surface area contributed by atoms with Crippen LogP contribution in [0.2, 0.25) is 0 Å². The van der Waals surface area contributed by atoms with Crippen LogP contribution in [0.5, 0.6) is 0 Å². The fourth-order valence-electron chi connectivity index (χ4n) is 2.89. The summed E-state index contributed by atoms with van der Waals surface area (Å²) in [5, 5.41) is 4.15. The highest BCUT2D eigenvalue weighted by Gasteiger charge is 2.21. The van der Waals surface area contributed by atoms with Crippen molar-refractivity contribution in [2.24, 2.45) is 0 Å². The van der Waals surface area contributed by atoms with Crippen molar-refractivity contribution in [2.75, 3.05) is 7.11 Å². The number of hydrogen-bond acceptors (Lipinski definition) is 9. The standard InChI is InChI=1S/C20H17N5O4S/c1-10-9-13(19(27)28-3)14-16(21-10)23-20(24-17(14)26)30-11(2)18-22-15(25-29-18)12-7-5-4-6-8-12/h4-9,11H,1-3H3,(H,21,23,24,26). The summed E-state index contributed by atoms with van der Waals surface area (Å²) in [5.74, 6) is 0.262. The number of carbonyl (C=O) groups excluding carboxylic acids is 1. The fourth-order valence-corrected chi connectivity index (χ4v) is 3.72. The molecule has 0 spiro atoms. The minimum absolute atomic E-state index is 0.0913. The lowest BCUT2D eigenvalue weighted by atomic mass is 10.1. The van der Waals surface area contributed by atoms with Crippen molar-refractivity contribution < 1.29 is 14.1 Å². The van der Waals surface area contributed by atoms with Crippen LogP contribution in [0, 0.1) is 6.92 Å². The number of fused-ring (bicyclic) bond motifs is 1. The molecule has 4 rings (SSSR count). The molecule has 0 aliphatic heterocycles. The number of thioether (sulfide) groups is 1. The van der Waals surface area contributed by atoms with Crippen molar-refractivity contribution in [2.45, 2.75) is 24.3 Å². The molecule has 9 nitrogen and oxygen atoms in total. The van der Waals surface area contributed by atoms with E-state index in [2.05, 4.69) is 25.1 Å². The number of pyridine rings is 1. The second-order valence-corrected chi connectivity index (χ2v) is 7.78. The molecule has 1 unspecified atom stereocenters. The van der Waals surface area contributed by atoms with Gasteiger partial charge in [0.2, 0.25) is 11.7 Å². The third-order valence-corrected chi connectivity index (χ3v) is 5.27. The monoisotopic (exact) mass is 423 g/mol. The minimum atomic E-state index is -0.620. The molecule has 1 aromatic carbocycles. The molecule has 1 atom stereocenters. The van der Waals surface area contributed by atoms with E-state index in [0.717, 1.165) is 5.56 Å². The lowest BCUT2D eigenvalue weighted by Gasteiger charge is -2.08. The summed E-state index contributed by atoms with van der Waals surface area (Å²) in [6.45, 7) is 3.58. The van der Waals surface area contributed by atoms with Gasteiger partial charge in [0.15, 0.2) is 10.8 Å². The van der Waals surface area contributed by atoms with E-state index in [0.29, 0.717) is 22.6 Å². The molecule has 1 N–H and O–H groups in total. The Morgan fingerprint density at radius 1 is 1.20 bits per heavy atom. The van der Waals surface area contributed by atoms with Crippen LogP contribution in [0.15, 0.2) is 50.9 Å². The number of benzene rings is 1.